The van der Waals surface area contributed by atoms with Crippen molar-refractivity contribution in [3.05, 3.63) is 65.2 Å². The quantitative estimate of drug-likeness (QED) is 0.924. The smallest absolute Gasteiger partial charge is 0.101 e. The molecule has 2 aromatic carbocycles. The number of para-hydroxylation sites is 1. The molecular formula is C17H19N3. The van der Waals surface area contributed by atoms with Crippen LogP contribution in [0.4, 0.5) is 5.69 Å². The predicted molar refractivity (Wildman–Crippen MR) is 82.5 cm³/mol. The molecule has 2 rings (SSSR count). The fourth-order valence-electron chi connectivity index (χ4n) is 2.50. The largest absolute Gasteiger partial charge is 0.365 e. The minimum atomic E-state index is 0.0608. The third-order valence-electron chi connectivity index (χ3n) is 3.64. The van der Waals surface area contributed by atoms with Crippen molar-refractivity contribution in [2.45, 2.75) is 13.0 Å². The van der Waals surface area contributed by atoms with Crippen molar-refractivity contribution in [2.75, 3.05) is 18.5 Å². The van der Waals surface area contributed by atoms with Crippen molar-refractivity contribution in [2.24, 2.45) is 5.73 Å². The molecule has 20 heavy (non-hydrogen) atoms. The summed E-state index contributed by atoms with van der Waals surface area (Å²) in [5.74, 6) is 0. The summed E-state index contributed by atoms with van der Waals surface area (Å²) in [5.41, 5.74) is 9.97. The Hall–Kier alpha value is -2.31. The van der Waals surface area contributed by atoms with Gasteiger partial charge in [-0.1, -0.05) is 36.4 Å². The van der Waals surface area contributed by atoms with Crippen molar-refractivity contribution in [3.63, 3.8) is 0 Å². The highest BCUT2D eigenvalue weighted by Crippen LogP contribution is 2.29. The van der Waals surface area contributed by atoms with E-state index in [1.807, 2.05) is 43.4 Å². The molecule has 0 heterocycles. The molecule has 2 aromatic rings. The zero-order valence-electron chi connectivity index (χ0n) is 11.9. The van der Waals surface area contributed by atoms with Crippen molar-refractivity contribution >= 4 is 5.69 Å². The van der Waals surface area contributed by atoms with E-state index in [2.05, 4.69) is 30.0 Å². The third kappa shape index (κ3) is 2.66. The number of likely N-dealkylation sites (N-methyl/N-ethyl adjacent to an activating group) is 1. The van der Waals surface area contributed by atoms with Gasteiger partial charge in [-0.3, -0.25) is 0 Å². The zero-order chi connectivity index (χ0) is 14.5. The van der Waals surface area contributed by atoms with Crippen LogP contribution < -0.4 is 10.6 Å². The lowest BCUT2D eigenvalue weighted by Crippen LogP contribution is -2.31. The Morgan fingerprint density at radius 3 is 2.45 bits per heavy atom. The maximum Gasteiger partial charge on any atom is 0.101 e. The molecule has 2 N–H and O–H groups in total. The molecule has 0 bridgehead atoms. The van der Waals surface area contributed by atoms with Crippen LogP contribution in [-0.4, -0.2) is 13.6 Å². The van der Waals surface area contributed by atoms with Gasteiger partial charge in [-0.05, 0) is 30.2 Å². The normalized spacial score (nSPS) is 11.7. The van der Waals surface area contributed by atoms with E-state index in [4.69, 9.17) is 5.73 Å². The Kier molecular flexibility index (Phi) is 4.39. The van der Waals surface area contributed by atoms with Gasteiger partial charge in [0.2, 0.25) is 0 Å². The average Bonchev–Trinajstić information content (AvgIpc) is 2.49. The lowest BCUT2D eigenvalue weighted by atomic mass is 9.99. The van der Waals surface area contributed by atoms with Gasteiger partial charge in [-0.15, -0.1) is 0 Å². The van der Waals surface area contributed by atoms with Gasteiger partial charge in [0.25, 0.3) is 0 Å². The molecule has 0 fully saturated rings. The molecule has 0 aliphatic rings. The van der Waals surface area contributed by atoms with E-state index in [1.165, 1.54) is 11.1 Å². The monoisotopic (exact) mass is 265 g/mol. The van der Waals surface area contributed by atoms with Crippen LogP contribution in [0.25, 0.3) is 0 Å². The Morgan fingerprint density at radius 1 is 1.15 bits per heavy atom. The Bertz CT molecular complexity index is 628. The molecule has 0 spiro atoms. The Balaban J connectivity index is 2.42. The minimum Gasteiger partial charge on any atom is -0.365 e. The Labute approximate surface area is 120 Å². The van der Waals surface area contributed by atoms with E-state index in [1.54, 1.807) is 0 Å². The van der Waals surface area contributed by atoms with Crippen LogP contribution in [0.3, 0.4) is 0 Å². The summed E-state index contributed by atoms with van der Waals surface area (Å²) in [5, 5.41) is 9.24. The number of benzene rings is 2. The molecule has 1 atom stereocenters. The van der Waals surface area contributed by atoms with Gasteiger partial charge in [-0.2, -0.15) is 5.26 Å². The topological polar surface area (TPSA) is 53.0 Å². The lowest BCUT2D eigenvalue weighted by Gasteiger charge is -2.31. The highest BCUT2D eigenvalue weighted by atomic mass is 15.1. The summed E-state index contributed by atoms with van der Waals surface area (Å²) in [6.07, 6.45) is 0. The van der Waals surface area contributed by atoms with Crippen LogP contribution in [-0.2, 0) is 0 Å². The second-order valence-electron chi connectivity index (χ2n) is 4.85. The van der Waals surface area contributed by atoms with Crippen LogP contribution >= 0.6 is 0 Å². The molecule has 0 aromatic heterocycles. The maximum atomic E-state index is 9.24. The Morgan fingerprint density at radius 2 is 1.80 bits per heavy atom. The van der Waals surface area contributed by atoms with Gasteiger partial charge in [-0.25, -0.2) is 0 Å². The summed E-state index contributed by atoms with van der Waals surface area (Å²) in [7, 11) is 1.99. The molecule has 0 saturated carbocycles. The third-order valence-corrected chi connectivity index (χ3v) is 3.64. The van der Waals surface area contributed by atoms with Gasteiger partial charge in [0.05, 0.1) is 17.3 Å². The number of nitriles is 1. The number of nitrogens with two attached hydrogens (primary N) is 1. The second-order valence-corrected chi connectivity index (χ2v) is 4.85. The molecule has 0 aliphatic heterocycles. The first-order valence-electron chi connectivity index (χ1n) is 6.66. The van der Waals surface area contributed by atoms with Crippen molar-refractivity contribution in [1.29, 1.82) is 5.26 Å². The van der Waals surface area contributed by atoms with Crippen molar-refractivity contribution in [3.8, 4) is 6.07 Å². The fourth-order valence-corrected chi connectivity index (χ4v) is 2.50. The minimum absolute atomic E-state index is 0.0608. The van der Waals surface area contributed by atoms with Crippen molar-refractivity contribution in [1.82, 2.24) is 0 Å². The highest BCUT2D eigenvalue weighted by molar-refractivity contribution is 5.60. The standard InChI is InChI=1S/C17H19N3/c1-13-7-3-5-9-15(13)17(12-19)20(2)16-10-6-4-8-14(16)11-18/h3-10,17H,12,19H2,1-2H3. The van der Waals surface area contributed by atoms with E-state index in [9.17, 15) is 5.26 Å². The van der Waals surface area contributed by atoms with E-state index >= 15 is 0 Å². The summed E-state index contributed by atoms with van der Waals surface area (Å²) in [6.45, 7) is 2.59. The lowest BCUT2D eigenvalue weighted by molar-refractivity contribution is 0.676. The molecular weight excluding hydrogens is 246 g/mol. The predicted octanol–water partition coefficient (Wildman–Crippen LogP) is 3.00. The molecule has 102 valence electrons. The maximum absolute atomic E-state index is 9.24. The van der Waals surface area contributed by atoms with Crippen LogP contribution in [0.15, 0.2) is 48.5 Å². The molecule has 3 nitrogen and oxygen atoms in total. The SMILES string of the molecule is Cc1ccccc1C(CN)N(C)c1ccccc1C#N. The molecule has 1 unspecified atom stereocenters. The van der Waals surface area contributed by atoms with Crippen molar-refractivity contribution < 1.29 is 0 Å². The summed E-state index contributed by atoms with van der Waals surface area (Å²) in [4.78, 5) is 2.08. The van der Waals surface area contributed by atoms with Crippen LogP contribution in [0.1, 0.15) is 22.7 Å². The molecule has 0 saturated heterocycles. The summed E-state index contributed by atoms with van der Waals surface area (Å²) < 4.78 is 0. The zero-order valence-corrected chi connectivity index (χ0v) is 11.9. The summed E-state index contributed by atoms with van der Waals surface area (Å²) >= 11 is 0. The molecule has 0 amide bonds. The van der Waals surface area contributed by atoms with Gasteiger partial charge < -0.3 is 10.6 Å². The number of hydrogen-bond acceptors (Lipinski definition) is 3. The molecule has 0 aliphatic carbocycles. The number of anilines is 1. The first-order valence-corrected chi connectivity index (χ1v) is 6.66. The highest BCUT2D eigenvalue weighted by Gasteiger charge is 2.19. The molecule has 0 radical (unpaired) electrons. The second kappa shape index (κ2) is 6.23. The van der Waals surface area contributed by atoms with E-state index in [-0.39, 0.29) is 6.04 Å². The number of nitrogens with zero attached hydrogens (tertiary/aromatic N) is 2. The first kappa shape index (κ1) is 14.1. The molecule has 3 heteroatoms. The summed E-state index contributed by atoms with van der Waals surface area (Å²) in [6, 6.07) is 18.1. The number of aryl methyl sites for hydroxylation is 1. The van der Waals surface area contributed by atoms with Crippen LogP contribution in [0, 0.1) is 18.3 Å². The van der Waals surface area contributed by atoms with E-state index in [0.717, 1.165) is 5.69 Å². The van der Waals surface area contributed by atoms with E-state index in [0.29, 0.717) is 12.1 Å². The fraction of sp³-hybridized carbons (Fsp3) is 0.235. The first-order chi connectivity index (χ1) is 9.69. The van der Waals surface area contributed by atoms with Crippen LogP contribution in [0.2, 0.25) is 0 Å². The number of rotatable bonds is 4. The van der Waals surface area contributed by atoms with Gasteiger partial charge in [0, 0.05) is 13.6 Å². The van der Waals surface area contributed by atoms with Gasteiger partial charge >= 0.3 is 0 Å². The van der Waals surface area contributed by atoms with Crippen LogP contribution in [0.5, 0.6) is 0 Å². The number of hydrogen-bond donors (Lipinski definition) is 1. The van der Waals surface area contributed by atoms with Gasteiger partial charge in [0.15, 0.2) is 0 Å². The van der Waals surface area contributed by atoms with E-state index < -0.39 is 0 Å². The van der Waals surface area contributed by atoms with Gasteiger partial charge in [0.1, 0.15) is 6.07 Å². The average molecular weight is 265 g/mol.